The third kappa shape index (κ3) is 5.01. The van der Waals surface area contributed by atoms with Crippen LogP contribution in [-0.2, 0) is 10.9 Å². The highest BCUT2D eigenvalue weighted by molar-refractivity contribution is 5.96. The number of aryl methyl sites for hydroxylation is 1. The minimum absolute atomic E-state index is 0.0430. The predicted octanol–water partition coefficient (Wildman–Crippen LogP) is 3.11. The van der Waals surface area contributed by atoms with Crippen molar-refractivity contribution in [2.45, 2.75) is 45.2 Å². The summed E-state index contributed by atoms with van der Waals surface area (Å²) in [4.78, 5) is 24.3. The number of alkyl halides is 3. The minimum Gasteiger partial charge on any atom is -0.372 e. The zero-order chi connectivity index (χ0) is 26.3. The van der Waals surface area contributed by atoms with Crippen molar-refractivity contribution in [3.63, 3.8) is 0 Å². The number of hydrogen-bond donors (Lipinski definition) is 1. The molecule has 0 bridgehead atoms. The fourth-order valence-corrected chi connectivity index (χ4v) is 3.61. The normalized spacial score (nSPS) is 23.2. The maximum absolute atomic E-state index is 13.9. The number of amides is 1. The summed E-state index contributed by atoms with van der Waals surface area (Å²) in [6.07, 6.45) is -2.52. The van der Waals surface area contributed by atoms with E-state index >= 15 is 0 Å². The standard InChI is InChI=1S/C22H24F3N7O2/c1-13-4-6-17(32-28-8-9-29-32)20(30-13)21(33)31-12-14(2)34-15(3)18(31)11-27-19-7-5-16(10-26-19)22(23,24)25/h4-10,14-15,18H,11-12H2,1-3H3,(H,26,27)/t14-,15+,18-/m1/s1/i12D2. The average Bonchev–Trinajstić information content (AvgIpc) is 3.34. The van der Waals surface area contributed by atoms with Crippen LogP contribution in [0.4, 0.5) is 19.0 Å². The van der Waals surface area contributed by atoms with Gasteiger partial charge in [0.25, 0.3) is 5.91 Å². The van der Waals surface area contributed by atoms with Crippen LogP contribution >= 0.6 is 0 Å². The highest BCUT2D eigenvalue weighted by atomic mass is 19.4. The van der Waals surface area contributed by atoms with E-state index in [4.69, 9.17) is 7.48 Å². The number of pyridine rings is 2. The molecule has 180 valence electrons. The van der Waals surface area contributed by atoms with Crippen molar-refractivity contribution in [3.05, 3.63) is 59.8 Å². The summed E-state index contributed by atoms with van der Waals surface area (Å²) in [5.41, 5.74) is -0.134. The monoisotopic (exact) mass is 477 g/mol. The van der Waals surface area contributed by atoms with Crippen LogP contribution < -0.4 is 5.32 Å². The van der Waals surface area contributed by atoms with Crippen molar-refractivity contribution in [1.82, 2.24) is 29.9 Å². The number of nitrogens with zero attached hydrogens (tertiary/aromatic N) is 6. The van der Waals surface area contributed by atoms with E-state index in [1.807, 2.05) is 0 Å². The summed E-state index contributed by atoms with van der Waals surface area (Å²) in [5.74, 6) is -0.568. The molecule has 4 heterocycles. The number of morpholine rings is 1. The van der Waals surface area contributed by atoms with Crippen molar-refractivity contribution in [2.75, 3.05) is 18.4 Å². The van der Waals surface area contributed by atoms with Crippen LogP contribution in [0.15, 0.2) is 42.9 Å². The van der Waals surface area contributed by atoms with Crippen LogP contribution in [0.5, 0.6) is 0 Å². The maximum Gasteiger partial charge on any atom is 0.417 e. The number of anilines is 1. The molecule has 4 rings (SSSR count). The first-order valence-corrected chi connectivity index (χ1v) is 10.5. The van der Waals surface area contributed by atoms with Crippen LogP contribution in [0.25, 0.3) is 5.69 Å². The Bertz CT molecular complexity index is 1220. The van der Waals surface area contributed by atoms with Gasteiger partial charge >= 0.3 is 6.18 Å². The molecule has 3 atom stereocenters. The molecule has 0 unspecified atom stereocenters. The fourth-order valence-electron chi connectivity index (χ4n) is 3.61. The van der Waals surface area contributed by atoms with E-state index < -0.39 is 42.4 Å². The number of aromatic nitrogens is 5. The molecule has 0 aromatic carbocycles. The summed E-state index contributed by atoms with van der Waals surface area (Å²) < 4.78 is 61.7. The molecule has 0 aliphatic carbocycles. The zero-order valence-electron chi connectivity index (χ0n) is 20.6. The molecule has 1 saturated heterocycles. The minimum atomic E-state index is -4.52. The molecular formula is C22H24F3N7O2. The van der Waals surface area contributed by atoms with Crippen molar-refractivity contribution in [2.24, 2.45) is 0 Å². The first-order valence-electron chi connectivity index (χ1n) is 11.5. The Balaban J connectivity index is 1.67. The lowest BCUT2D eigenvalue weighted by Crippen LogP contribution is -2.58. The van der Waals surface area contributed by atoms with E-state index in [9.17, 15) is 18.0 Å². The van der Waals surface area contributed by atoms with Crippen LogP contribution in [0, 0.1) is 6.92 Å². The Hall–Kier alpha value is -3.54. The first kappa shape index (κ1) is 21.0. The van der Waals surface area contributed by atoms with Gasteiger partial charge < -0.3 is 15.0 Å². The van der Waals surface area contributed by atoms with E-state index in [1.54, 1.807) is 26.0 Å². The molecule has 1 amide bonds. The third-order valence-electron chi connectivity index (χ3n) is 5.27. The predicted molar refractivity (Wildman–Crippen MR) is 116 cm³/mol. The summed E-state index contributed by atoms with van der Waals surface area (Å²) in [6, 6.07) is 4.51. The third-order valence-corrected chi connectivity index (χ3v) is 5.27. The van der Waals surface area contributed by atoms with E-state index in [1.165, 1.54) is 30.2 Å². The average molecular weight is 477 g/mol. The van der Waals surface area contributed by atoms with Crippen LogP contribution in [0.1, 0.15) is 38.3 Å². The molecular weight excluding hydrogens is 451 g/mol. The molecule has 0 radical (unpaired) electrons. The SMILES string of the molecule is [2H]C1([2H])[C@@H](C)O[C@@H](C)[C@@H](CNc2ccc(C(F)(F)F)cn2)N1C(=O)c1nc(C)ccc1-n1nccn1. The second-order valence-electron chi connectivity index (χ2n) is 7.80. The van der Waals surface area contributed by atoms with Gasteiger partial charge in [-0.15, -0.1) is 4.80 Å². The maximum atomic E-state index is 13.9. The molecule has 1 N–H and O–H groups in total. The number of halogens is 3. The van der Waals surface area contributed by atoms with Crippen molar-refractivity contribution >= 4 is 11.7 Å². The van der Waals surface area contributed by atoms with Gasteiger partial charge in [0.1, 0.15) is 11.5 Å². The first-order chi connectivity index (χ1) is 16.9. The van der Waals surface area contributed by atoms with Gasteiger partial charge in [-0.05, 0) is 45.0 Å². The number of carbonyl (C=O) groups excluding carboxylic acids is 1. The molecule has 1 aliphatic heterocycles. The Kier molecular flexibility index (Phi) is 5.79. The number of hydrogen-bond acceptors (Lipinski definition) is 7. The van der Waals surface area contributed by atoms with Gasteiger partial charge in [0, 0.05) is 24.9 Å². The van der Waals surface area contributed by atoms with E-state index in [0.29, 0.717) is 11.9 Å². The van der Waals surface area contributed by atoms with Crippen LogP contribution in [0.3, 0.4) is 0 Å². The quantitative estimate of drug-likeness (QED) is 0.603. The van der Waals surface area contributed by atoms with Crippen molar-refractivity contribution < 1.29 is 25.4 Å². The Morgan fingerprint density at radius 2 is 1.97 bits per heavy atom. The summed E-state index contributed by atoms with van der Waals surface area (Å²) >= 11 is 0. The van der Waals surface area contributed by atoms with Gasteiger partial charge in [0.2, 0.25) is 0 Å². The molecule has 1 aliphatic rings. The van der Waals surface area contributed by atoms with E-state index in [0.717, 1.165) is 11.0 Å². The molecule has 12 heteroatoms. The molecule has 3 aromatic heterocycles. The lowest BCUT2D eigenvalue weighted by molar-refractivity contribution is -0.137. The lowest BCUT2D eigenvalue weighted by atomic mass is 10.0. The number of ether oxygens (including phenoxy) is 1. The topological polar surface area (TPSA) is 98.1 Å². The molecule has 9 nitrogen and oxygen atoms in total. The van der Waals surface area contributed by atoms with Crippen LogP contribution in [-0.4, -0.2) is 67.1 Å². The molecule has 3 aromatic rings. The summed E-state index contributed by atoms with van der Waals surface area (Å²) in [7, 11) is 0. The number of rotatable bonds is 5. The Labute approximate surface area is 196 Å². The van der Waals surface area contributed by atoms with Gasteiger partial charge in [-0.25, -0.2) is 9.97 Å². The van der Waals surface area contributed by atoms with Crippen LogP contribution in [0.2, 0.25) is 0 Å². The lowest BCUT2D eigenvalue weighted by Gasteiger charge is -2.42. The summed E-state index contributed by atoms with van der Waals surface area (Å²) in [6.45, 7) is 2.64. The molecule has 0 spiro atoms. The van der Waals surface area contributed by atoms with E-state index in [2.05, 4.69) is 25.5 Å². The van der Waals surface area contributed by atoms with Crippen molar-refractivity contribution in [3.8, 4) is 5.69 Å². The molecule has 0 saturated carbocycles. The molecule has 34 heavy (non-hydrogen) atoms. The fraction of sp³-hybridized carbons (Fsp3) is 0.409. The second kappa shape index (κ2) is 9.37. The zero-order valence-corrected chi connectivity index (χ0v) is 18.6. The number of nitrogens with one attached hydrogen (secondary N) is 1. The van der Waals surface area contributed by atoms with Gasteiger partial charge in [0.15, 0.2) is 5.69 Å². The van der Waals surface area contributed by atoms with Gasteiger partial charge in [-0.2, -0.15) is 23.4 Å². The van der Waals surface area contributed by atoms with Gasteiger partial charge in [-0.1, -0.05) is 0 Å². The van der Waals surface area contributed by atoms with Gasteiger partial charge in [0.05, 0.1) is 38.9 Å². The number of carbonyl (C=O) groups is 1. The molecule has 1 fully saturated rings. The highest BCUT2D eigenvalue weighted by Crippen LogP contribution is 2.29. The van der Waals surface area contributed by atoms with E-state index in [-0.39, 0.29) is 23.7 Å². The largest absolute Gasteiger partial charge is 0.417 e. The summed E-state index contributed by atoms with van der Waals surface area (Å²) in [5, 5.41) is 11.0. The second-order valence-corrected chi connectivity index (χ2v) is 7.80. The smallest absolute Gasteiger partial charge is 0.372 e. The van der Waals surface area contributed by atoms with Gasteiger partial charge in [-0.3, -0.25) is 4.79 Å². The van der Waals surface area contributed by atoms with Crippen molar-refractivity contribution in [1.29, 1.82) is 0 Å². The Morgan fingerprint density at radius 1 is 1.24 bits per heavy atom. The Morgan fingerprint density at radius 3 is 2.62 bits per heavy atom. The highest BCUT2D eigenvalue weighted by Gasteiger charge is 2.38.